The number of amides is 3. The summed E-state index contributed by atoms with van der Waals surface area (Å²) in [5, 5.41) is 3.56. The van der Waals surface area contributed by atoms with Crippen LogP contribution in [0.15, 0.2) is 30.5 Å². The Morgan fingerprint density at radius 2 is 1.93 bits per heavy atom. The van der Waals surface area contributed by atoms with E-state index in [2.05, 4.69) is 10.3 Å². The van der Waals surface area contributed by atoms with Crippen molar-refractivity contribution in [1.29, 1.82) is 0 Å². The first kappa shape index (κ1) is 20.1. The van der Waals surface area contributed by atoms with Crippen LogP contribution in [0.2, 0.25) is 0 Å². The largest absolute Gasteiger partial charge is 0.497 e. The number of nitrogens with one attached hydrogen (secondary N) is 1. The molecule has 0 atom stereocenters. The minimum atomic E-state index is -0.0832. The molecule has 8 heteroatoms. The van der Waals surface area contributed by atoms with Gasteiger partial charge in [0.25, 0.3) is 0 Å². The van der Waals surface area contributed by atoms with Crippen LogP contribution in [-0.4, -0.2) is 61.0 Å². The summed E-state index contributed by atoms with van der Waals surface area (Å²) in [6.07, 6.45) is 3.93. The van der Waals surface area contributed by atoms with Gasteiger partial charge in [-0.25, -0.2) is 9.78 Å². The second-order valence-electron chi connectivity index (χ2n) is 7.08. The van der Waals surface area contributed by atoms with Gasteiger partial charge in [-0.05, 0) is 30.5 Å². The number of carbonyl (C=O) groups excluding carboxylic acids is 2. The topological polar surface area (TPSA) is 74.8 Å². The van der Waals surface area contributed by atoms with Crippen LogP contribution in [0.4, 0.5) is 9.93 Å². The third-order valence-corrected chi connectivity index (χ3v) is 5.75. The molecular weight excluding hydrogens is 376 g/mol. The molecule has 1 aromatic heterocycles. The minimum absolute atomic E-state index is 0.00181. The van der Waals surface area contributed by atoms with Gasteiger partial charge in [0.15, 0.2) is 5.13 Å². The lowest BCUT2D eigenvalue weighted by molar-refractivity contribution is -0.121. The average Bonchev–Trinajstić information content (AvgIpc) is 3.14. The summed E-state index contributed by atoms with van der Waals surface area (Å²) in [5.74, 6) is 0.738. The van der Waals surface area contributed by atoms with E-state index in [0.717, 1.165) is 17.0 Å². The van der Waals surface area contributed by atoms with Gasteiger partial charge < -0.3 is 19.9 Å². The van der Waals surface area contributed by atoms with E-state index in [1.54, 1.807) is 31.0 Å². The number of ether oxygens (including phenoxy) is 1. The summed E-state index contributed by atoms with van der Waals surface area (Å²) in [4.78, 5) is 33.3. The van der Waals surface area contributed by atoms with Crippen LogP contribution in [0.1, 0.15) is 23.3 Å². The first-order chi connectivity index (χ1) is 13.5. The normalized spacial score (nSPS) is 14.6. The fourth-order valence-corrected chi connectivity index (χ4v) is 4.06. The molecule has 28 heavy (non-hydrogen) atoms. The molecule has 150 valence electrons. The van der Waals surface area contributed by atoms with Gasteiger partial charge in [0, 0.05) is 50.6 Å². The lowest BCUT2D eigenvalue weighted by Gasteiger charge is -2.32. The highest BCUT2D eigenvalue weighted by molar-refractivity contribution is 7.15. The van der Waals surface area contributed by atoms with Gasteiger partial charge in [-0.15, -0.1) is 11.3 Å². The summed E-state index contributed by atoms with van der Waals surface area (Å²) >= 11 is 1.49. The Morgan fingerprint density at radius 1 is 1.25 bits per heavy atom. The fourth-order valence-electron chi connectivity index (χ4n) is 3.21. The van der Waals surface area contributed by atoms with Crippen molar-refractivity contribution in [3.8, 4) is 5.75 Å². The van der Waals surface area contributed by atoms with E-state index in [0.29, 0.717) is 31.1 Å². The number of aromatic nitrogens is 1. The van der Waals surface area contributed by atoms with Crippen molar-refractivity contribution < 1.29 is 14.3 Å². The van der Waals surface area contributed by atoms with E-state index in [-0.39, 0.29) is 17.9 Å². The maximum atomic E-state index is 12.5. The van der Waals surface area contributed by atoms with Crippen molar-refractivity contribution >= 4 is 28.4 Å². The Hall–Kier alpha value is -2.61. The molecule has 3 amide bonds. The molecule has 7 nitrogen and oxygen atoms in total. The summed E-state index contributed by atoms with van der Waals surface area (Å²) in [6, 6.07) is 7.93. The zero-order valence-electron chi connectivity index (χ0n) is 16.5. The zero-order chi connectivity index (χ0) is 20.1. The van der Waals surface area contributed by atoms with E-state index in [1.165, 1.54) is 16.9 Å². The van der Waals surface area contributed by atoms with Crippen LogP contribution in [-0.2, 0) is 11.2 Å². The van der Waals surface area contributed by atoms with Crippen LogP contribution in [0.5, 0.6) is 5.75 Å². The second kappa shape index (κ2) is 9.05. The Kier molecular flexibility index (Phi) is 6.51. The molecular formula is C20H26N4O3S. The number of hydrogen-bond donors (Lipinski definition) is 1. The number of piperidine rings is 1. The van der Waals surface area contributed by atoms with Crippen molar-refractivity contribution in [3.63, 3.8) is 0 Å². The fraction of sp³-hybridized carbons (Fsp3) is 0.450. The number of benzene rings is 1. The zero-order valence-corrected chi connectivity index (χ0v) is 17.3. The number of rotatable bonds is 5. The molecule has 0 unspecified atom stereocenters. The summed E-state index contributed by atoms with van der Waals surface area (Å²) < 4.78 is 5.17. The quantitative estimate of drug-likeness (QED) is 0.834. The van der Waals surface area contributed by atoms with E-state index in [1.807, 2.05) is 30.5 Å². The minimum Gasteiger partial charge on any atom is -0.497 e. The summed E-state index contributed by atoms with van der Waals surface area (Å²) in [5.41, 5.74) is 1.17. The van der Waals surface area contributed by atoms with Crippen LogP contribution in [0.3, 0.4) is 0 Å². The SMILES string of the molecule is COc1ccc(Cc2cnc(NC(=O)C3CCN(C(=O)N(C)C)CC3)s2)cc1. The Balaban J connectivity index is 1.50. The number of anilines is 1. The molecule has 2 heterocycles. The Morgan fingerprint density at radius 3 is 2.54 bits per heavy atom. The number of likely N-dealkylation sites (tertiary alicyclic amines) is 1. The van der Waals surface area contributed by atoms with Gasteiger partial charge in [-0.1, -0.05) is 12.1 Å². The van der Waals surface area contributed by atoms with Crippen molar-refractivity contribution in [2.45, 2.75) is 19.3 Å². The predicted octanol–water partition coefficient (Wildman–Crippen LogP) is 3.07. The van der Waals surface area contributed by atoms with Gasteiger partial charge in [-0.2, -0.15) is 0 Å². The molecule has 1 aliphatic rings. The summed E-state index contributed by atoms with van der Waals surface area (Å²) in [6.45, 7) is 1.21. The monoisotopic (exact) mass is 402 g/mol. The Labute approximate surface area is 169 Å². The van der Waals surface area contributed by atoms with E-state index >= 15 is 0 Å². The van der Waals surface area contributed by atoms with E-state index in [4.69, 9.17) is 4.74 Å². The molecule has 0 spiro atoms. The number of urea groups is 1. The molecule has 2 aromatic rings. The second-order valence-corrected chi connectivity index (χ2v) is 8.20. The first-order valence-electron chi connectivity index (χ1n) is 9.31. The standard InChI is InChI=1S/C20H26N4O3S/c1-23(2)20(26)24-10-8-15(9-11-24)18(25)22-19-21-13-17(28-19)12-14-4-6-16(27-3)7-5-14/h4-7,13,15H,8-12H2,1-3H3,(H,21,22,25). The molecule has 0 bridgehead atoms. The molecule has 1 aliphatic heterocycles. The molecule has 1 aromatic carbocycles. The van der Waals surface area contributed by atoms with Crippen molar-refractivity contribution in [1.82, 2.24) is 14.8 Å². The number of thiazole rings is 1. The maximum absolute atomic E-state index is 12.5. The molecule has 1 N–H and O–H groups in total. The van der Waals surface area contributed by atoms with Crippen LogP contribution in [0, 0.1) is 5.92 Å². The molecule has 1 fully saturated rings. The highest BCUT2D eigenvalue weighted by atomic mass is 32.1. The lowest BCUT2D eigenvalue weighted by atomic mass is 9.96. The van der Waals surface area contributed by atoms with Crippen molar-refractivity contribution in [2.24, 2.45) is 5.92 Å². The van der Waals surface area contributed by atoms with Crippen LogP contribution in [0.25, 0.3) is 0 Å². The lowest BCUT2D eigenvalue weighted by Crippen LogP contribution is -2.45. The predicted molar refractivity (Wildman–Crippen MR) is 110 cm³/mol. The van der Waals surface area contributed by atoms with Crippen LogP contribution < -0.4 is 10.1 Å². The Bertz CT molecular complexity index is 811. The summed E-state index contributed by atoms with van der Waals surface area (Å²) in [7, 11) is 5.14. The van der Waals surface area contributed by atoms with Crippen molar-refractivity contribution in [3.05, 3.63) is 40.9 Å². The number of methoxy groups -OCH3 is 1. The first-order valence-corrected chi connectivity index (χ1v) is 10.1. The van der Waals surface area contributed by atoms with Gasteiger partial charge in [0.1, 0.15) is 5.75 Å². The van der Waals surface area contributed by atoms with Crippen LogP contribution >= 0.6 is 11.3 Å². The van der Waals surface area contributed by atoms with Crippen molar-refractivity contribution in [2.75, 3.05) is 39.6 Å². The maximum Gasteiger partial charge on any atom is 0.319 e. The highest BCUT2D eigenvalue weighted by Gasteiger charge is 2.28. The molecule has 0 saturated carbocycles. The third-order valence-electron chi connectivity index (χ3n) is 4.84. The number of nitrogens with zero attached hydrogens (tertiary/aromatic N) is 3. The van der Waals surface area contributed by atoms with Gasteiger partial charge in [0.05, 0.1) is 7.11 Å². The van der Waals surface area contributed by atoms with Gasteiger partial charge in [-0.3, -0.25) is 4.79 Å². The molecule has 1 saturated heterocycles. The van der Waals surface area contributed by atoms with E-state index < -0.39 is 0 Å². The molecule has 0 radical (unpaired) electrons. The number of hydrogen-bond acceptors (Lipinski definition) is 5. The van der Waals surface area contributed by atoms with Gasteiger partial charge in [0.2, 0.25) is 5.91 Å². The third kappa shape index (κ3) is 5.01. The van der Waals surface area contributed by atoms with Gasteiger partial charge >= 0.3 is 6.03 Å². The number of carbonyl (C=O) groups is 2. The molecule has 0 aliphatic carbocycles. The van der Waals surface area contributed by atoms with E-state index in [9.17, 15) is 9.59 Å². The molecule has 3 rings (SSSR count). The smallest absolute Gasteiger partial charge is 0.319 e. The average molecular weight is 403 g/mol. The highest BCUT2D eigenvalue weighted by Crippen LogP contribution is 2.25.